The van der Waals surface area contributed by atoms with Crippen molar-refractivity contribution in [1.29, 1.82) is 0 Å². The van der Waals surface area contributed by atoms with Crippen LogP contribution >= 0.6 is 0 Å². The van der Waals surface area contributed by atoms with Crippen LogP contribution in [0.5, 0.6) is 0 Å². The van der Waals surface area contributed by atoms with Gasteiger partial charge in [-0.1, -0.05) is 12.5 Å². The van der Waals surface area contributed by atoms with Gasteiger partial charge in [-0.15, -0.1) is 0 Å². The Morgan fingerprint density at radius 1 is 1.22 bits per heavy atom. The van der Waals surface area contributed by atoms with Crippen molar-refractivity contribution in [2.24, 2.45) is 0 Å². The van der Waals surface area contributed by atoms with Crippen LogP contribution in [0.1, 0.15) is 36.8 Å². The third-order valence-electron chi connectivity index (χ3n) is 4.38. The molecule has 0 aliphatic carbocycles. The minimum Gasteiger partial charge on any atom is -0.309 e. The molecule has 0 saturated carbocycles. The molecule has 0 radical (unpaired) electrons. The molecule has 23 heavy (non-hydrogen) atoms. The Bertz CT molecular complexity index is 514. The second-order valence-electron chi connectivity index (χ2n) is 6.52. The van der Waals surface area contributed by atoms with Gasteiger partial charge in [0, 0.05) is 12.6 Å². The molecule has 0 unspecified atom stereocenters. The van der Waals surface area contributed by atoms with Crippen LogP contribution in [0.4, 0.5) is 17.6 Å². The van der Waals surface area contributed by atoms with Gasteiger partial charge in [0.25, 0.3) is 0 Å². The third kappa shape index (κ3) is 5.18. The molecule has 1 atom stereocenters. The second-order valence-corrected chi connectivity index (χ2v) is 6.52. The molecule has 0 aromatic heterocycles. The molecular formula is C17H24F4N2. The molecule has 0 N–H and O–H groups in total. The van der Waals surface area contributed by atoms with Crippen LogP contribution in [-0.4, -0.2) is 43.0 Å². The predicted octanol–water partition coefficient (Wildman–Crippen LogP) is 4.15. The molecule has 0 bridgehead atoms. The van der Waals surface area contributed by atoms with E-state index in [4.69, 9.17) is 0 Å². The van der Waals surface area contributed by atoms with Gasteiger partial charge in [-0.05, 0) is 64.1 Å². The first-order valence-corrected chi connectivity index (χ1v) is 8.02. The van der Waals surface area contributed by atoms with Crippen LogP contribution < -0.4 is 0 Å². The minimum atomic E-state index is -4.65. The molecule has 1 aromatic carbocycles. The summed E-state index contributed by atoms with van der Waals surface area (Å²) < 4.78 is 51.9. The number of alkyl halides is 3. The number of hydrogen-bond donors (Lipinski definition) is 0. The molecule has 1 saturated heterocycles. The van der Waals surface area contributed by atoms with Crippen LogP contribution in [0.2, 0.25) is 0 Å². The summed E-state index contributed by atoms with van der Waals surface area (Å²) in [7, 11) is 4.03. The lowest BCUT2D eigenvalue weighted by atomic mass is 9.98. The monoisotopic (exact) mass is 332 g/mol. The quantitative estimate of drug-likeness (QED) is 0.748. The highest BCUT2D eigenvalue weighted by atomic mass is 19.4. The number of hydrogen-bond acceptors (Lipinski definition) is 2. The number of nitrogens with zero attached hydrogens (tertiary/aromatic N) is 2. The van der Waals surface area contributed by atoms with Gasteiger partial charge in [-0.25, -0.2) is 4.39 Å². The van der Waals surface area contributed by atoms with E-state index in [1.54, 1.807) is 0 Å². The number of benzene rings is 1. The van der Waals surface area contributed by atoms with E-state index < -0.39 is 17.6 Å². The molecule has 1 aliphatic rings. The van der Waals surface area contributed by atoms with Gasteiger partial charge < -0.3 is 4.90 Å². The Labute approximate surface area is 135 Å². The van der Waals surface area contributed by atoms with Gasteiger partial charge in [0.1, 0.15) is 5.82 Å². The molecule has 1 heterocycles. The van der Waals surface area contributed by atoms with E-state index in [-0.39, 0.29) is 0 Å². The van der Waals surface area contributed by atoms with Crippen molar-refractivity contribution in [2.45, 2.75) is 44.4 Å². The number of rotatable bonds is 5. The highest BCUT2D eigenvalue weighted by Gasteiger charge is 2.34. The Morgan fingerprint density at radius 2 is 1.96 bits per heavy atom. The minimum absolute atomic E-state index is 0.380. The molecule has 130 valence electrons. The molecule has 0 amide bonds. The topological polar surface area (TPSA) is 6.48 Å². The summed E-state index contributed by atoms with van der Waals surface area (Å²) in [6.45, 7) is 2.29. The van der Waals surface area contributed by atoms with Gasteiger partial charge >= 0.3 is 6.18 Å². The maximum Gasteiger partial charge on any atom is 0.419 e. The van der Waals surface area contributed by atoms with Crippen molar-refractivity contribution in [2.75, 3.05) is 27.2 Å². The first kappa shape index (κ1) is 18.2. The second kappa shape index (κ2) is 7.62. The first-order chi connectivity index (χ1) is 10.8. The summed E-state index contributed by atoms with van der Waals surface area (Å²) in [5, 5.41) is 0. The summed E-state index contributed by atoms with van der Waals surface area (Å²) >= 11 is 0. The van der Waals surface area contributed by atoms with Crippen LogP contribution in [0.25, 0.3) is 0 Å². The van der Waals surface area contributed by atoms with Crippen LogP contribution in [0, 0.1) is 5.82 Å². The maximum atomic E-state index is 13.4. The fourth-order valence-electron chi connectivity index (χ4n) is 3.12. The third-order valence-corrected chi connectivity index (χ3v) is 4.38. The van der Waals surface area contributed by atoms with Crippen molar-refractivity contribution in [1.82, 2.24) is 9.80 Å². The van der Waals surface area contributed by atoms with E-state index in [2.05, 4.69) is 9.80 Å². The number of likely N-dealkylation sites (tertiary alicyclic amines) is 1. The lowest BCUT2D eigenvalue weighted by Gasteiger charge is -2.36. The average Bonchev–Trinajstić information content (AvgIpc) is 2.47. The molecule has 1 aliphatic heterocycles. The molecular weight excluding hydrogens is 308 g/mol. The molecule has 6 heteroatoms. The largest absolute Gasteiger partial charge is 0.419 e. The zero-order valence-corrected chi connectivity index (χ0v) is 13.7. The van der Waals surface area contributed by atoms with E-state index in [0.717, 1.165) is 50.9 Å². The summed E-state index contributed by atoms with van der Waals surface area (Å²) in [6.07, 6.45) is -0.356. The van der Waals surface area contributed by atoms with E-state index in [1.807, 2.05) is 14.1 Å². The van der Waals surface area contributed by atoms with Crippen molar-refractivity contribution < 1.29 is 17.6 Å². The van der Waals surface area contributed by atoms with Crippen molar-refractivity contribution in [3.63, 3.8) is 0 Å². The molecule has 2 rings (SSSR count). The fourth-order valence-corrected chi connectivity index (χ4v) is 3.12. The SMILES string of the molecule is CN(C)CC[C@@H]1CCCCN1Cc1ccc(F)c(C(F)(F)F)c1. The number of halogens is 4. The summed E-state index contributed by atoms with van der Waals surface area (Å²) in [5.41, 5.74) is -0.646. The van der Waals surface area contributed by atoms with Crippen LogP contribution in [0.15, 0.2) is 18.2 Å². The van der Waals surface area contributed by atoms with Crippen molar-refractivity contribution >= 4 is 0 Å². The molecule has 1 fully saturated rings. The van der Waals surface area contributed by atoms with E-state index in [9.17, 15) is 17.6 Å². The van der Waals surface area contributed by atoms with E-state index in [0.29, 0.717) is 18.2 Å². The van der Waals surface area contributed by atoms with Gasteiger partial charge in [-0.2, -0.15) is 13.2 Å². The Balaban J connectivity index is 2.10. The predicted molar refractivity (Wildman–Crippen MR) is 82.6 cm³/mol. The zero-order chi connectivity index (χ0) is 17.0. The van der Waals surface area contributed by atoms with Crippen molar-refractivity contribution in [3.05, 3.63) is 35.1 Å². The number of piperidine rings is 1. The average molecular weight is 332 g/mol. The summed E-state index contributed by atoms with van der Waals surface area (Å²) in [6, 6.07) is 3.72. The molecule has 1 aromatic rings. The standard InChI is InChI=1S/C17H24F4N2/c1-22(2)10-8-14-5-3-4-9-23(14)12-13-6-7-16(18)15(11-13)17(19,20)21/h6-7,11,14H,3-5,8-10,12H2,1-2H3/t14-/m0/s1. The summed E-state index contributed by atoms with van der Waals surface area (Å²) in [5.74, 6) is -1.20. The maximum absolute atomic E-state index is 13.4. The lowest BCUT2D eigenvalue weighted by molar-refractivity contribution is -0.140. The molecule has 2 nitrogen and oxygen atoms in total. The van der Waals surface area contributed by atoms with E-state index >= 15 is 0 Å². The lowest BCUT2D eigenvalue weighted by Crippen LogP contribution is -2.40. The Morgan fingerprint density at radius 3 is 2.61 bits per heavy atom. The first-order valence-electron chi connectivity index (χ1n) is 8.02. The normalized spacial score (nSPS) is 20.2. The van der Waals surface area contributed by atoms with Crippen LogP contribution in [-0.2, 0) is 12.7 Å². The van der Waals surface area contributed by atoms with Gasteiger partial charge in [0.15, 0.2) is 0 Å². The highest BCUT2D eigenvalue weighted by Crippen LogP contribution is 2.32. The van der Waals surface area contributed by atoms with E-state index in [1.165, 1.54) is 6.07 Å². The van der Waals surface area contributed by atoms with Gasteiger partial charge in [0.2, 0.25) is 0 Å². The fraction of sp³-hybridized carbons (Fsp3) is 0.647. The highest BCUT2D eigenvalue weighted by molar-refractivity contribution is 5.27. The smallest absolute Gasteiger partial charge is 0.309 e. The van der Waals surface area contributed by atoms with Crippen LogP contribution in [0.3, 0.4) is 0 Å². The zero-order valence-electron chi connectivity index (χ0n) is 13.7. The van der Waals surface area contributed by atoms with Gasteiger partial charge in [0.05, 0.1) is 5.56 Å². The van der Waals surface area contributed by atoms with Crippen molar-refractivity contribution in [3.8, 4) is 0 Å². The molecule has 0 spiro atoms. The Hall–Kier alpha value is -1.14. The van der Waals surface area contributed by atoms with Gasteiger partial charge in [-0.3, -0.25) is 4.90 Å². The summed E-state index contributed by atoms with van der Waals surface area (Å²) in [4.78, 5) is 4.35. The Kier molecular flexibility index (Phi) is 6.03.